The monoisotopic (exact) mass is 635 g/mol. The van der Waals surface area contributed by atoms with Gasteiger partial charge in [0.15, 0.2) is 0 Å². The first-order chi connectivity index (χ1) is 20.7. The second kappa shape index (κ2) is 15.2. The van der Waals surface area contributed by atoms with Crippen molar-refractivity contribution in [3.05, 3.63) is 118 Å². The van der Waals surface area contributed by atoms with E-state index < -0.39 is 11.8 Å². The molecule has 3 N–H and O–H groups in total. The summed E-state index contributed by atoms with van der Waals surface area (Å²) in [5, 5.41) is 9.12. The third kappa shape index (κ3) is 9.02. The Balaban J connectivity index is 1.47. The van der Waals surface area contributed by atoms with Crippen LogP contribution >= 0.6 is 35.0 Å². The predicted molar refractivity (Wildman–Crippen MR) is 172 cm³/mol. The molecule has 8 nitrogen and oxygen atoms in total. The molecule has 0 saturated carbocycles. The Morgan fingerprint density at radius 2 is 1.58 bits per heavy atom. The Morgan fingerprint density at radius 3 is 2.28 bits per heavy atom. The molecule has 0 aliphatic rings. The zero-order valence-electron chi connectivity index (χ0n) is 23.2. The zero-order valence-corrected chi connectivity index (χ0v) is 25.5. The van der Waals surface area contributed by atoms with Crippen LogP contribution in [0.25, 0.3) is 6.08 Å². The number of anilines is 2. The molecule has 220 valence electrons. The number of nitrogens with one attached hydrogen (secondary N) is 3. The van der Waals surface area contributed by atoms with E-state index >= 15 is 0 Å². The van der Waals surface area contributed by atoms with E-state index in [0.717, 1.165) is 4.90 Å². The van der Waals surface area contributed by atoms with E-state index in [4.69, 9.17) is 32.7 Å². The summed E-state index contributed by atoms with van der Waals surface area (Å²) in [5.74, 6) is -0.0690. The standard InChI is InChI=1S/C32H27Cl2N3O5S/c1-41-24-11-15-29(42-2)21(16-24)17-28(37-31(39)20-6-4-3-5-7-20)32(40)35-23-9-12-25(13-10-23)43-19-30(38)36-27-18-22(33)8-14-26(27)34/h3-18H,19H2,1-2H3,(H,35,40)(H,36,38)(H,37,39)/b28-17-. The summed E-state index contributed by atoms with van der Waals surface area (Å²) in [5.41, 5.74) is 1.84. The van der Waals surface area contributed by atoms with Gasteiger partial charge in [0.25, 0.3) is 11.8 Å². The van der Waals surface area contributed by atoms with Gasteiger partial charge in [-0.2, -0.15) is 0 Å². The van der Waals surface area contributed by atoms with E-state index in [0.29, 0.717) is 44.0 Å². The Kier molecular flexibility index (Phi) is 11.1. The van der Waals surface area contributed by atoms with Crippen LogP contribution in [0.3, 0.4) is 0 Å². The summed E-state index contributed by atoms with van der Waals surface area (Å²) in [6.07, 6.45) is 1.52. The third-order valence-corrected chi connectivity index (χ3v) is 7.53. The minimum atomic E-state index is -0.549. The number of hydrogen-bond acceptors (Lipinski definition) is 6. The van der Waals surface area contributed by atoms with Gasteiger partial charge in [0.2, 0.25) is 5.91 Å². The highest BCUT2D eigenvalue weighted by Gasteiger charge is 2.17. The fraction of sp³-hybridized carbons (Fsp3) is 0.0938. The van der Waals surface area contributed by atoms with Crippen molar-refractivity contribution in [2.24, 2.45) is 0 Å². The predicted octanol–water partition coefficient (Wildman–Crippen LogP) is 7.15. The summed E-state index contributed by atoms with van der Waals surface area (Å²) in [6, 6.07) is 25.5. The first-order valence-electron chi connectivity index (χ1n) is 12.8. The van der Waals surface area contributed by atoms with E-state index in [1.807, 2.05) is 0 Å². The molecule has 0 spiro atoms. The van der Waals surface area contributed by atoms with Crippen molar-refractivity contribution in [2.45, 2.75) is 4.90 Å². The number of ether oxygens (including phenoxy) is 2. The average molecular weight is 637 g/mol. The third-order valence-electron chi connectivity index (χ3n) is 5.95. The number of methoxy groups -OCH3 is 2. The van der Waals surface area contributed by atoms with Gasteiger partial charge in [-0.15, -0.1) is 11.8 Å². The maximum Gasteiger partial charge on any atom is 0.272 e. The lowest BCUT2D eigenvalue weighted by Crippen LogP contribution is -2.30. The van der Waals surface area contributed by atoms with Gasteiger partial charge in [0, 0.05) is 26.7 Å². The number of amides is 3. The lowest BCUT2D eigenvalue weighted by atomic mass is 10.1. The molecule has 0 radical (unpaired) electrons. The van der Waals surface area contributed by atoms with E-state index in [2.05, 4.69) is 16.0 Å². The molecule has 0 aliphatic carbocycles. The molecule has 4 rings (SSSR count). The van der Waals surface area contributed by atoms with Crippen molar-refractivity contribution in [3.63, 3.8) is 0 Å². The second-order valence-electron chi connectivity index (χ2n) is 8.93. The summed E-state index contributed by atoms with van der Waals surface area (Å²) >= 11 is 13.4. The van der Waals surface area contributed by atoms with Crippen molar-refractivity contribution in [1.82, 2.24) is 5.32 Å². The van der Waals surface area contributed by atoms with E-state index in [1.54, 1.807) is 91.0 Å². The Morgan fingerprint density at radius 1 is 0.837 bits per heavy atom. The maximum atomic E-state index is 13.4. The van der Waals surface area contributed by atoms with Gasteiger partial charge < -0.3 is 25.4 Å². The lowest BCUT2D eigenvalue weighted by molar-refractivity contribution is -0.114. The van der Waals surface area contributed by atoms with Crippen LogP contribution in [-0.4, -0.2) is 37.7 Å². The molecule has 4 aromatic rings. The Bertz CT molecular complexity index is 1650. The number of carbonyl (C=O) groups excluding carboxylic acids is 3. The first-order valence-corrected chi connectivity index (χ1v) is 14.6. The summed E-state index contributed by atoms with van der Waals surface area (Å²) < 4.78 is 10.8. The molecular weight excluding hydrogens is 609 g/mol. The highest BCUT2D eigenvalue weighted by molar-refractivity contribution is 8.00. The van der Waals surface area contributed by atoms with Crippen molar-refractivity contribution < 1.29 is 23.9 Å². The van der Waals surface area contributed by atoms with Gasteiger partial charge in [-0.1, -0.05) is 41.4 Å². The number of carbonyl (C=O) groups is 3. The van der Waals surface area contributed by atoms with Gasteiger partial charge in [-0.25, -0.2) is 0 Å². The van der Waals surface area contributed by atoms with Gasteiger partial charge in [-0.3, -0.25) is 14.4 Å². The topological polar surface area (TPSA) is 106 Å². The van der Waals surface area contributed by atoms with Crippen LogP contribution in [-0.2, 0) is 9.59 Å². The molecule has 3 amide bonds. The molecule has 0 aliphatic heterocycles. The normalized spacial score (nSPS) is 10.9. The van der Waals surface area contributed by atoms with E-state index in [-0.39, 0.29) is 17.4 Å². The number of halogens is 2. The van der Waals surface area contributed by atoms with Gasteiger partial charge in [0.1, 0.15) is 17.2 Å². The first kappa shape index (κ1) is 31.5. The summed E-state index contributed by atoms with van der Waals surface area (Å²) in [4.78, 5) is 39.6. The van der Waals surface area contributed by atoms with Gasteiger partial charge in [-0.05, 0) is 78.9 Å². The van der Waals surface area contributed by atoms with Crippen LogP contribution < -0.4 is 25.4 Å². The Labute approximate surface area is 263 Å². The molecule has 0 fully saturated rings. The minimum absolute atomic E-state index is 0.00444. The van der Waals surface area contributed by atoms with Crippen LogP contribution in [0.15, 0.2) is 102 Å². The highest BCUT2D eigenvalue weighted by atomic mass is 35.5. The van der Waals surface area contributed by atoms with Gasteiger partial charge in [0.05, 0.1) is 30.7 Å². The van der Waals surface area contributed by atoms with Gasteiger partial charge >= 0.3 is 0 Å². The van der Waals surface area contributed by atoms with Crippen LogP contribution in [0.5, 0.6) is 11.5 Å². The molecule has 4 aromatic carbocycles. The molecule has 43 heavy (non-hydrogen) atoms. The molecule has 0 heterocycles. The molecule has 0 aromatic heterocycles. The van der Waals surface area contributed by atoms with Crippen LogP contribution in [0.1, 0.15) is 15.9 Å². The minimum Gasteiger partial charge on any atom is -0.497 e. The quantitative estimate of drug-likeness (QED) is 0.119. The summed E-state index contributed by atoms with van der Waals surface area (Å²) in [7, 11) is 3.04. The van der Waals surface area contributed by atoms with Crippen molar-refractivity contribution in [3.8, 4) is 11.5 Å². The number of benzene rings is 4. The van der Waals surface area contributed by atoms with Crippen molar-refractivity contribution >= 4 is 70.1 Å². The molecule has 0 unspecified atom stereocenters. The van der Waals surface area contributed by atoms with Crippen molar-refractivity contribution in [1.29, 1.82) is 0 Å². The SMILES string of the molecule is COc1ccc(OC)c(/C=C(\NC(=O)c2ccccc2)C(=O)Nc2ccc(SCC(=O)Nc3cc(Cl)ccc3Cl)cc2)c1. The lowest BCUT2D eigenvalue weighted by Gasteiger charge is -2.13. The smallest absolute Gasteiger partial charge is 0.272 e. The number of hydrogen-bond donors (Lipinski definition) is 3. The second-order valence-corrected chi connectivity index (χ2v) is 10.8. The fourth-order valence-corrected chi connectivity index (χ4v) is 4.85. The molecular formula is C32H27Cl2N3O5S. The summed E-state index contributed by atoms with van der Waals surface area (Å²) in [6.45, 7) is 0. The van der Waals surface area contributed by atoms with Crippen molar-refractivity contribution in [2.75, 3.05) is 30.6 Å². The molecule has 0 atom stereocenters. The van der Waals surface area contributed by atoms with Crippen LogP contribution in [0, 0.1) is 0 Å². The maximum absolute atomic E-state index is 13.4. The zero-order chi connectivity index (χ0) is 30.8. The van der Waals surface area contributed by atoms with Crippen LogP contribution in [0.2, 0.25) is 10.0 Å². The fourth-order valence-electron chi connectivity index (χ4n) is 3.81. The highest BCUT2D eigenvalue weighted by Crippen LogP contribution is 2.28. The molecule has 0 bridgehead atoms. The largest absolute Gasteiger partial charge is 0.497 e. The van der Waals surface area contributed by atoms with E-state index in [1.165, 1.54) is 32.1 Å². The number of rotatable bonds is 11. The molecule has 0 saturated heterocycles. The van der Waals surface area contributed by atoms with E-state index in [9.17, 15) is 14.4 Å². The molecule has 11 heteroatoms. The number of thioether (sulfide) groups is 1. The Hall–Kier alpha value is -4.44. The average Bonchev–Trinajstić information content (AvgIpc) is 3.02. The van der Waals surface area contributed by atoms with Crippen LogP contribution in [0.4, 0.5) is 11.4 Å².